The third-order valence-corrected chi connectivity index (χ3v) is 5.22. The number of piperidine rings is 1. The minimum Gasteiger partial charge on any atom is -0.507 e. The van der Waals surface area contributed by atoms with Crippen LogP contribution in [0.1, 0.15) is 36.7 Å². The van der Waals surface area contributed by atoms with Crippen LogP contribution in [0.5, 0.6) is 5.75 Å². The van der Waals surface area contributed by atoms with Gasteiger partial charge in [-0.2, -0.15) is 5.10 Å². The summed E-state index contributed by atoms with van der Waals surface area (Å²) >= 11 is 0. The highest BCUT2D eigenvalue weighted by Gasteiger charge is 2.43. The summed E-state index contributed by atoms with van der Waals surface area (Å²) in [6.45, 7) is 2.58. The number of hydrogen-bond acceptors (Lipinski definition) is 5. The Labute approximate surface area is 152 Å². The molecule has 1 aliphatic rings. The van der Waals surface area contributed by atoms with Gasteiger partial charge in [-0.1, -0.05) is 25.5 Å². The molecule has 1 fully saturated rings. The number of nitrogens with zero attached hydrogens (tertiary/aromatic N) is 2. The molecule has 0 aliphatic carbocycles. The lowest BCUT2D eigenvalue weighted by molar-refractivity contribution is -0.0721. The molecule has 1 aliphatic heterocycles. The normalized spacial score (nSPS) is 23.2. The number of carbonyl (C=O) groups excluding carboxylic acids is 1. The summed E-state index contributed by atoms with van der Waals surface area (Å²) in [5.74, 6) is -0.124. The van der Waals surface area contributed by atoms with E-state index in [1.807, 2.05) is 6.92 Å². The van der Waals surface area contributed by atoms with Crippen molar-refractivity contribution in [3.05, 3.63) is 36.0 Å². The Kier molecular flexibility index (Phi) is 5.29. The Morgan fingerprint density at radius 2 is 2.19 bits per heavy atom. The van der Waals surface area contributed by atoms with Crippen LogP contribution in [-0.2, 0) is 0 Å². The van der Waals surface area contributed by atoms with E-state index in [9.17, 15) is 20.1 Å². The second-order valence-electron chi connectivity index (χ2n) is 6.99. The smallest absolute Gasteiger partial charge is 0.271 e. The predicted molar refractivity (Wildman–Crippen MR) is 96.6 cm³/mol. The van der Waals surface area contributed by atoms with Crippen molar-refractivity contribution in [2.24, 2.45) is 5.41 Å². The number of aromatic nitrogens is 2. The van der Waals surface area contributed by atoms with Crippen LogP contribution in [-0.4, -0.2) is 62.1 Å². The largest absolute Gasteiger partial charge is 0.507 e. The van der Waals surface area contributed by atoms with Crippen molar-refractivity contribution >= 4 is 5.91 Å². The van der Waals surface area contributed by atoms with Gasteiger partial charge in [0.15, 0.2) is 0 Å². The van der Waals surface area contributed by atoms with E-state index < -0.39 is 11.5 Å². The van der Waals surface area contributed by atoms with Gasteiger partial charge in [0.1, 0.15) is 11.4 Å². The fourth-order valence-corrected chi connectivity index (χ4v) is 3.73. The number of H-pyrrole nitrogens is 1. The zero-order chi connectivity index (χ0) is 18.7. The van der Waals surface area contributed by atoms with Crippen molar-refractivity contribution in [3.8, 4) is 17.0 Å². The van der Waals surface area contributed by atoms with Gasteiger partial charge in [0, 0.05) is 24.1 Å². The number of aromatic hydroxyl groups is 1. The molecule has 7 nitrogen and oxygen atoms in total. The summed E-state index contributed by atoms with van der Waals surface area (Å²) in [7, 11) is 0. The second kappa shape index (κ2) is 7.47. The number of aliphatic hydroxyl groups is 2. The topological polar surface area (TPSA) is 110 Å². The number of phenols is 1. The molecule has 0 unspecified atom stereocenters. The monoisotopic (exact) mass is 359 g/mol. The fraction of sp³-hybridized carbons (Fsp3) is 0.474. The number of hydrogen-bond donors (Lipinski definition) is 4. The van der Waals surface area contributed by atoms with E-state index >= 15 is 0 Å². The molecule has 0 radical (unpaired) electrons. The van der Waals surface area contributed by atoms with Crippen LogP contribution in [0.4, 0.5) is 0 Å². The Hall–Kier alpha value is -2.38. The van der Waals surface area contributed by atoms with Crippen LogP contribution in [0.15, 0.2) is 30.3 Å². The van der Waals surface area contributed by atoms with Gasteiger partial charge in [-0.3, -0.25) is 9.89 Å². The molecule has 1 aromatic heterocycles. The van der Waals surface area contributed by atoms with Crippen molar-refractivity contribution < 1.29 is 20.1 Å². The molecule has 1 aromatic carbocycles. The number of aliphatic hydroxyl groups excluding tert-OH is 2. The zero-order valence-corrected chi connectivity index (χ0v) is 14.9. The number of phenolic OH excluding ortho intramolecular Hbond substituents is 1. The Morgan fingerprint density at radius 3 is 2.88 bits per heavy atom. The number of nitrogens with one attached hydrogen (secondary N) is 1. The molecule has 0 bridgehead atoms. The first-order valence-corrected chi connectivity index (χ1v) is 8.92. The number of benzene rings is 1. The van der Waals surface area contributed by atoms with E-state index in [1.165, 1.54) is 0 Å². The molecule has 1 saturated heterocycles. The van der Waals surface area contributed by atoms with Crippen LogP contribution in [0, 0.1) is 5.41 Å². The highest BCUT2D eigenvalue weighted by Crippen LogP contribution is 2.35. The van der Waals surface area contributed by atoms with Crippen molar-refractivity contribution in [3.63, 3.8) is 0 Å². The lowest BCUT2D eigenvalue weighted by Gasteiger charge is -2.45. The first kappa shape index (κ1) is 18.4. The lowest BCUT2D eigenvalue weighted by atomic mass is 9.74. The number of rotatable bonds is 5. The highest BCUT2D eigenvalue weighted by atomic mass is 16.3. The molecule has 140 valence electrons. The Morgan fingerprint density at radius 1 is 1.42 bits per heavy atom. The average molecular weight is 359 g/mol. The molecule has 2 atom stereocenters. The van der Waals surface area contributed by atoms with E-state index in [1.54, 1.807) is 35.2 Å². The summed E-state index contributed by atoms with van der Waals surface area (Å²) in [6, 6.07) is 8.42. The van der Waals surface area contributed by atoms with Crippen LogP contribution < -0.4 is 0 Å². The van der Waals surface area contributed by atoms with Crippen LogP contribution in [0.25, 0.3) is 11.3 Å². The summed E-state index contributed by atoms with van der Waals surface area (Å²) in [6.07, 6.45) is 1.30. The maximum Gasteiger partial charge on any atom is 0.271 e. The maximum atomic E-state index is 12.9. The number of likely N-dealkylation sites (tertiary alicyclic amines) is 1. The van der Waals surface area contributed by atoms with Gasteiger partial charge >= 0.3 is 0 Å². The van der Waals surface area contributed by atoms with E-state index in [0.29, 0.717) is 42.9 Å². The van der Waals surface area contributed by atoms with Gasteiger partial charge in [-0.15, -0.1) is 0 Å². The van der Waals surface area contributed by atoms with E-state index in [4.69, 9.17) is 0 Å². The standard InChI is InChI=1S/C19H25N3O4/c1-2-8-19(12-23)11-22(9-7-17(19)25)18(26)15-10-14(20-21-15)13-5-3-4-6-16(13)24/h3-6,10,17,23-25H,2,7-9,11-12H2,1H3,(H,20,21)/t17-,19-/m0/s1. The molecule has 3 rings (SSSR count). The molecule has 7 heteroatoms. The fourth-order valence-electron chi connectivity index (χ4n) is 3.73. The summed E-state index contributed by atoms with van der Waals surface area (Å²) in [5, 5.41) is 37.0. The predicted octanol–water partition coefficient (Wildman–Crippen LogP) is 1.77. The Bertz CT molecular complexity index is 776. The van der Waals surface area contributed by atoms with Crippen molar-refractivity contribution in [1.82, 2.24) is 15.1 Å². The van der Waals surface area contributed by atoms with Crippen molar-refractivity contribution in [1.29, 1.82) is 0 Å². The molecule has 26 heavy (non-hydrogen) atoms. The van der Waals surface area contributed by atoms with Gasteiger partial charge in [0.2, 0.25) is 0 Å². The van der Waals surface area contributed by atoms with Gasteiger partial charge < -0.3 is 20.2 Å². The highest BCUT2D eigenvalue weighted by molar-refractivity contribution is 5.93. The number of para-hydroxylation sites is 1. The van der Waals surface area contributed by atoms with E-state index in [2.05, 4.69) is 10.2 Å². The third kappa shape index (κ3) is 3.32. The SMILES string of the molecule is CCC[C@@]1(CO)CN(C(=O)c2cc(-c3ccccc3O)n[nH]2)CC[C@@H]1O. The summed E-state index contributed by atoms with van der Waals surface area (Å²) < 4.78 is 0. The molecule has 0 saturated carbocycles. The van der Waals surface area contributed by atoms with E-state index in [-0.39, 0.29) is 18.3 Å². The quantitative estimate of drug-likeness (QED) is 0.650. The molecule has 4 N–H and O–H groups in total. The summed E-state index contributed by atoms with van der Waals surface area (Å²) in [4.78, 5) is 14.5. The maximum absolute atomic E-state index is 12.9. The van der Waals surface area contributed by atoms with Crippen molar-refractivity contribution in [2.75, 3.05) is 19.7 Å². The first-order chi connectivity index (χ1) is 12.5. The third-order valence-electron chi connectivity index (χ3n) is 5.22. The van der Waals surface area contributed by atoms with Crippen LogP contribution >= 0.6 is 0 Å². The number of amides is 1. The van der Waals surface area contributed by atoms with Gasteiger partial charge in [0.05, 0.1) is 18.4 Å². The molecule has 2 heterocycles. The second-order valence-corrected chi connectivity index (χ2v) is 6.99. The zero-order valence-electron chi connectivity index (χ0n) is 14.9. The minimum absolute atomic E-state index is 0.0985. The van der Waals surface area contributed by atoms with Gasteiger partial charge in [-0.05, 0) is 31.0 Å². The van der Waals surface area contributed by atoms with Crippen molar-refractivity contribution in [2.45, 2.75) is 32.3 Å². The molecular formula is C19H25N3O4. The van der Waals surface area contributed by atoms with Crippen LogP contribution in [0.2, 0.25) is 0 Å². The molecule has 0 spiro atoms. The van der Waals surface area contributed by atoms with E-state index in [0.717, 1.165) is 6.42 Å². The minimum atomic E-state index is -0.677. The molecule has 1 amide bonds. The molecular weight excluding hydrogens is 334 g/mol. The lowest BCUT2D eigenvalue weighted by Crippen LogP contribution is -2.55. The van der Waals surface area contributed by atoms with Gasteiger partial charge in [0.25, 0.3) is 5.91 Å². The number of carbonyl (C=O) groups is 1. The molecule has 2 aromatic rings. The van der Waals surface area contributed by atoms with Crippen LogP contribution in [0.3, 0.4) is 0 Å². The summed E-state index contributed by atoms with van der Waals surface area (Å²) in [5.41, 5.74) is 0.685. The van der Waals surface area contributed by atoms with Gasteiger partial charge in [-0.25, -0.2) is 0 Å². The number of aromatic amines is 1. The first-order valence-electron chi connectivity index (χ1n) is 8.92. The average Bonchev–Trinajstić information content (AvgIpc) is 3.13. The Balaban J connectivity index is 1.81.